The predicted octanol–water partition coefficient (Wildman–Crippen LogP) is 3.41. The van der Waals surface area contributed by atoms with Gasteiger partial charge in [0.1, 0.15) is 0 Å². The minimum atomic E-state index is 0.151. The van der Waals surface area contributed by atoms with Crippen molar-refractivity contribution in [2.45, 2.75) is 37.6 Å². The first-order chi connectivity index (χ1) is 12.3. The van der Waals surface area contributed by atoms with E-state index in [4.69, 9.17) is 0 Å². The lowest BCUT2D eigenvalue weighted by molar-refractivity contribution is -0.113. The summed E-state index contributed by atoms with van der Waals surface area (Å²) in [4.78, 5) is 16.6. The largest absolute Gasteiger partial charge is 0.376 e. The van der Waals surface area contributed by atoms with E-state index in [9.17, 15) is 4.79 Å². The van der Waals surface area contributed by atoms with Gasteiger partial charge in [-0.2, -0.15) is 5.10 Å². The van der Waals surface area contributed by atoms with Gasteiger partial charge in [-0.05, 0) is 60.6 Å². The molecule has 6 rings (SSSR count). The van der Waals surface area contributed by atoms with E-state index in [-0.39, 0.29) is 11.8 Å². The van der Waals surface area contributed by atoms with E-state index >= 15 is 0 Å². The molecule has 2 aromatic rings. The third kappa shape index (κ3) is 1.81. The molecule has 0 amide bonds. The molecule has 0 radical (unpaired) electrons. The average Bonchev–Trinajstić information content (AvgIpc) is 3.36. The van der Waals surface area contributed by atoms with Crippen LogP contribution in [-0.2, 0) is 4.79 Å². The molecule has 3 heterocycles. The van der Waals surface area contributed by atoms with Crippen molar-refractivity contribution in [2.75, 3.05) is 5.32 Å². The highest BCUT2D eigenvalue weighted by Crippen LogP contribution is 2.62. The van der Waals surface area contributed by atoms with Crippen LogP contribution in [0.4, 0.5) is 5.69 Å². The Bertz CT molecular complexity index is 956. The summed E-state index contributed by atoms with van der Waals surface area (Å²) < 4.78 is 0. The smallest absolute Gasteiger partial charge is 0.162 e. The van der Waals surface area contributed by atoms with Crippen molar-refractivity contribution in [3.05, 3.63) is 35.7 Å². The van der Waals surface area contributed by atoms with Crippen molar-refractivity contribution in [1.82, 2.24) is 10.2 Å². The van der Waals surface area contributed by atoms with Crippen molar-refractivity contribution in [1.29, 1.82) is 0 Å². The van der Waals surface area contributed by atoms with Crippen LogP contribution in [0.3, 0.4) is 0 Å². The molecule has 2 fully saturated rings. The van der Waals surface area contributed by atoms with Gasteiger partial charge in [-0.3, -0.25) is 14.9 Å². The zero-order chi connectivity index (χ0) is 16.5. The summed E-state index contributed by atoms with van der Waals surface area (Å²) >= 11 is 0. The fourth-order valence-corrected chi connectivity index (χ4v) is 5.98. The number of nitrogens with zero attached hydrogens (tertiary/aromatic N) is 2. The Labute approximate surface area is 145 Å². The number of allylic oxidation sites excluding steroid dienone is 1. The molecule has 2 saturated carbocycles. The van der Waals surface area contributed by atoms with Crippen molar-refractivity contribution in [2.24, 2.45) is 22.7 Å². The third-order valence-electron chi connectivity index (χ3n) is 6.84. The van der Waals surface area contributed by atoms with Crippen molar-refractivity contribution < 1.29 is 4.79 Å². The molecule has 2 aliphatic carbocycles. The Kier molecular flexibility index (Phi) is 2.66. The minimum absolute atomic E-state index is 0.151. The summed E-state index contributed by atoms with van der Waals surface area (Å²) in [7, 11) is 0. The molecule has 25 heavy (non-hydrogen) atoms. The Morgan fingerprint density at radius 3 is 3.00 bits per heavy atom. The van der Waals surface area contributed by atoms with E-state index in [1.54, 1.807) is 12.3 Å². The first-order valence-corrected chi connectivity index (χ1v) is 9.29. The van der Waals surface area contributed by atoms with Crippen LogP contribution in [0.5, 0.6) is 0 Å². The van der Waals surface area contributed by atoms with Crippen LogP contribution in [0, 0.1) is 17.8 Å². The van der Waals surface area contributed by atoms with Crippen LogP contribution in [0.25, 0.3) is 10.9 Å². The first kappa shape index (κ1) is 13.8. The summed E-state index contributed by atoms with van der Waals surface area (Å²) in [5.74, 6) is 2.73. The number of hydrogen-bond acceptors (Lipinski definition) is 4. The second-order valence-electron chi connectivity index (χ2n) is 7.97. The number of aromatic amines is 1. The van der Waals surface area contributed by atoms with Crippen molar-refractivity contribution in [3.63, 3.8) is 0 Å². The molecule has 5 heteroatoms. The SMILES string of the molecule is O=C1C=C([C@@H]2Nc3ccc4[nH]ncc4c3[C@H]3C4CCC(C4)[C@@H]23)N=CC1. The van der Waals surface area contributed by atoms with E-state index in [0.717, 1.165) is 23.0 Å². The summed E-state index contributed by atoms with van der Waals surface area (Å²) in [6.07, 6.45) is 9.90. The van der Waals surface area contributed by atoms with E-state index < -0.39 is 0 Å². The maximum absolute atomic E-state index is 11.9. The topological polar surface area (TPSA) is 70.1 Å². The highest BCUT2D eigenvalue weighted by molar-refractivity contribution is 6.02. The summed E-state index contributed by atoms with van der Waals surface area (Å²) in [5, 5.41) is 12.4. The van der Waals surface area contributed by atoms with Gasteiger partial charge in [-0.25, -0.2) is 0 Å². The van der Waals surface area contributed by atoms with Gasteiger partial charge in [0.05, 0.1) is 23.5 Å². The lowest BCUT2D eigenvalue weighted by Gasteiger charge is -2.43. The number of fused-ring (bicyclic) bond motifs is 9. The van der Waals surface area contributed by atoms with E-state index in [1.165, 1.54) is 35.9 Å². The molecule has 1 aromatic carbocycles. The molecule has 0 saturated heterocycles. The zero-order valence-electron chi connectivity index (χ0n) is 13.9. The van der Waals surface area contributed by atoms with Gasteiger partial charge in [-0.1, -0.05) is 0 Å². The molecule has 5 nitrogen and oxygen atoms in total. The molecule has 4 aliphatic rings. The number of rotatable bonds is 1. The number of ketones is 1. The van der Waals surface area contributed by atoms with Gasteiger partial charge in [0, 0.05) is 29.8 Å². The van der Waals surface area contributed by atoms with E-state index in [0.29, 0.717) is 18.3 Å². The fraction of sp³-hybridized carbons (Fsp3) is 0.450. The van der Waals surface area contributed by atoms with Crippen LogP contribution >= 0.6 is 0 Å². The number of aromatic nitrogens is 2. The zero-order valence-corrected chi connectivity index (χ0v) is 13.9. The first-order valence-electron chi connectivity index (χ1n) is 9.29. The molecule has 0 spiro atoms. The molecule has 2 unspecified atom stereocenters. The summed E-state index contributed by atoms with van der Waals surface area (Å²) in [6.45, 7) is 0. The maximum atomic E-state index is 11.9. The van der Waals surface area contributed by atoms with E-state index in [1.807, 2.05) is 6.20 Å². The molecule has 2 aliphatic heterocycles. The highest BCUT2D eigenvalue weighted by atomic mass is 16.1. The van der Waals surface area contributed by atoms with Gasteiger partial charge >= 0.3 is 0 Å². The third-order valence-corrected chi connectivity index (χ3v) is 6.84. The lowest BCUT2D eigenvalue weighted by atomic mass is 9.68. The molecule has 1 aromatic heterocycles. The minimum Gasteiger partial charge on any atom is -0.376 e. The van der Waals surface area contributed by atoms with Gasteiger partial charge in [0.2, 0.25) is 0 Å². The van der Waals surface area contributed by atoms with Crippen molar-refractivity contribution >= 4 is 28.6 Å². The maximum Gasteiger partial charge on any atom is 0.162 e. The molecule has 5 atom stereocenters. The molecule has 2 N–H and O–H groups in total. The molecular weight excluding hydrogens is 312 g/mol. The Balaban J connectivity index is 1.55. The molecular formula is C20H20N4O. The second-order valence-corrected chi connectivity index (χ2v) is 7.97. The summed E-state index contributed by atoms with van der Waals surface area (Å²) in [6, 6.07) is 4.42. The predicted molar refractivity (Wildman–Crippen MR) is 96.8 cm³/mol. The van der Waals surface area contributed by atoms with Gasteiger partial charge < -0.3 is 5.32 Å². The standard InChI is InChI=1S/C20H20N4O/c25-12-5-6-21-16(8-12)20-18-11-2-1-10(7-11)17(18)19-13-9-22-24-14(13)3-4-15(19)23-20/h3-4,6,8-11,17-18,20,23H,1-2,5,7H2,(H,22,24)/t10?,11?,17-,18+,20-/m0/s1. The Morgan fingerprint density at radius 2 is 2.08 bits per heavy atom. The number of nitrogens with one attached hydrogen (secondary N) is 2. The fourth-order valence-electron chi connectivity index (χ4n) is 5.98. The number of benzene rings is 1. The van der Waals surface area contributed by atoms with Gasteiger partial charge in [0.25, 0.3) is 0 Å². The number of anilines is 1. The number of aliphatic imine (C=N–C) groups is 1. The lowest BCUT2D eigenvalue weighted by Crippen LogP contribution is -2.42. The Hall–Kier alpha value is -2.43. The molecule has 2 bridgehead atoms. The van der Waals surface area contributed by atoms with Crippen LogP contribution in [0.15, 0.2) is 35.1 Å². The highest BCUT2D eigenvalue weighted by Gasteiger charge is 2.54. The van der Waals surface area contributed by atoms with Gasteiger partial charge in [0.15, 0.2) is 5.78 Å². The van der Waals surface area contributed by atoms with Crippen LogP contribution in [0.2, 0.25) is 0 Å². The number of carbonyl (C=O) groups excluding carboxylic acids is 1. The van der Waals surface area contributed by atoms with Crippen LogP contribution < -0.4 is 5.32 Å². The summed E-state index contributed by atoms with van der Waals surface area (Å²) in [5.41, 5.74) is 4.68. The van der Waals surface area contributed by atoms with Crippen LogP contribution in [0.1, 0.15) is 37.2 Å². The molecule has 126 valence electrons. The number of carbonyl (C=O) groups is 1. The van der Waals surface area contributed by atoms with Crippen LogP contribution in [-0.4, -0.2) is 28.2 Å². The number of hydrogen-bond donors (Lipinski definition) is 2. The van der Waals surface area contributed by atoms with Crippen molar-refractivity contribution in [3.8, 4) is 0 Å². The Morgan fingerprint density at radius 1 is 1.16 bits per heavy atom. The quantitative estimate of drug-likeness (QED) is 0.841. The number of H-pyrrole nitrogens is 1. The average molecular weight is 332 g/mol. The normalized spacial score (nSPS) is 35.4. The van der Waals surface area contributed by atoms with E-state index in [2.05, 4.69) is 32.6 Å². The monoisotopic (exact) mass is 332 g/mol. The second kappa shape index (κ2) is 4.81. The van der Waals surface area contributed by atoms with Gasteiger partial charge in [-0.15, -0.1) is 0 Å².